The van der Waals surface area contributed by atoms with Crippen LogP contribution in [0.1, 0.15) is 25.3 Å². The molecule has 0 bridgehead atoms. The van der Waals surface area contributed by atoms with E-state index < -0.39 is 11.5 Å². The molecule has 1 aliphatic heterocycles. The molecule has 0 amide bonds. The van der Waals surface area contributed by atoms with Crippen molar-refractivity contribution in [2.24, 2.45) is 0 Å². The molecular weight excluding hydrogens is 270 g/mol. The van der Waals surface area contributed by atoms with Crippen LogP contribution in [0.25, 0.3) is 0 Å². The minimum absolute atomic E-state index is 0.0916. The highest BCUT2D eigenvalue weighted by Gasteiger charge is 2.39. The van der Waals surface area contributed by atoms with E-state index in [-0.39, 0.29) is 6.10 Å². The lowest BCUT2D eigenvalue weighted by molar-refractivity contribution is -0.146. The van der Waals surface area contributed by atoms with Crippen LogP contribution in [0.3, 0.4) is 0 Å². The Morgan fingerprint density at radius 1 is 1.48 bits per heavy atom. The molecule has 2 unspecified atom stereocenters. The lowest BCUT2D eigenvalue weighted by Crippen LogP contribution is -2.50. The summed E-state index contributed by atoms with van der Waals surface area (Å²) >= 11 is 0. The second-order valence-electron chi connectivity index (χ2n) is 5.21. The molecule has 2 rings (SSSR count). The quantitative estimate of drug-likeness (QED) is 0.764. The number of carboxylic acids is 1. The molecule has 1 aromatic rings. The fourth-order valence-electron chi connectivity index (χ4n) is 2.69. The molecule has 1 heterocycles. The molecule has 0 aliphatic carbocycles. The van der Waals surface area contributed by atoms with Crippen LogP contribution in [-0.4, -0.2) is 43.5 Å². The Labute approximate surface area is 125 Å². The van der Waals surface area contributed by atoms with Gasteiger partial charge in [-0.1, -0.05) is 37.3 Å². The van der Waals surface area contributed by atoms with Crippen LogP contribution in [0, 0.1) is 0 Å². The van der Waals surface area contributed by atoms with E-state index in [4.69, 9.17) is 9.47 Å². The van der Waals surface area contributed by atoms with Gasteiger partial charge in [0.2, 0.25) is 0 Å². The van der Waals surface area contributed by atoms with Crippen LogP contribution in [0.2, 0.25) is 0 Å². The van der Waals surface area contributed by atoms with Gasteiger partial charge in [-0.05, 0) is 18.5 Å². The van der Waals surface area contributed by atoms with E-state index in [0.717, 1.165) is 18.6 Å². The minimum atomic E-state index is -1.10. The van der Waals surface area contributed by atoms with E-state index in [0.29, 0.717) is 26.2 Å². The third kappa shape index (κ3) is 3.81. The first-order chi connectivity index (χ1) is 10.2. The van der Waals surface area contributed by atoms with Crippen molar-refractivity contribution in [2.45, 2.75) is 31.4 Å². The van der Waals surface area contributed by atoms with Gasteiger partial charge in [-0.3, -0.25) is 5.32 Å². The standard InChI is InChI=1S/C16H23NO4/c1-2-17-16(15(18)19,13-6-4-3-5-7-13)9-11-21-14-8-10-20-12-14/h3-7,14,17H,2,8-12H2,1H3,(H,18,19). The first-order valence-corrected chi connectivity index (χ1v) is 7.42. The Morgan fingerprint density at radius 3 is 2.81 bits per heavy atom. The SMILES string of the molecule is CCNC(CCOC1CCOC1)(C(=O)O)c1ccccc1. The zero-order valence-electron chi connectivity index (χ0n) is 12.4. The van der Waals surface area contributed by atoms with Crippen molar-refractivity contribution in [3.63, 3.8) is 0 Å². The predicted molar refractivity (Wildman–Crippen MR) is 79.2 cm³/mol. The third-order valence-electron chi connectivity index (χ3n) is 3.83. The molecule has 2 N–H and O–H groups in total. The maximum Gasteiger partial charge on any atom is 0.328 e. The maximum absolute atomic E-state index is 11.9. The predicted octanol–water partition coefficient (Wildman–Crippen LogP) is 1.77. The Hall–Kier alpha value is -1.43. The molecule has 1 saturated heterocycles. The first-order valence-electron chi connectivity index (χ1n) is 7.42. The lowest BCUT2D eigenvalue weighted by Gasteiger charge is -2.31. The Balaban J connectivity index is 2.09. The van der Waals surface area contributed by atoms with Gasteiger partial charge in [0, 0.05) is 19.6 Å². The van der Waals surface area contributed by atoms with Crippen LogP contribution in [0.15, 0.2) is 30.3 Å². The minimum Gasteiger partial charge on any atom is -0.480 e. The fraction of sp³-hybridized carbons (Fsp3) is 0.562. The largest absolute Gasteiger partial charge is 0.480 e. The highest BCUT2D eigenvalue weighted by atomic mass is 16.5. The molecular formula is C16H23NO4. The number of ether oxygens (including phenoxy) is 2. The molecule has 21 heavy (non-hydrogen) atoms. The Morgan fingerprint density at radius 2 is 2.24 bits per heavy atom. The van der Waals surface area contributed by atoms with Gasteiger partial charge < -0.3 is 14.6 Å². The van der Waals surface area contributed by atoms with Gasteiger partial charge in [-0.15, -0.1) is 0 Å². The van der Waals surface area contributed by atoms with Crippen molar-refractivity contribution in [3.05, 3.63) is 35.9 Å². The monoisotopic (exact) mass is 293 g/mol. The van der Waals surface area contributed by atoms with Crippen LogP contribution in [0.4, 0.5) is 0 Å². The van der Waals surface area contributed by atoms with Gasteiger partial charge in [-0.25, -0.2) is 4.79 Å². The number of hydrogen-bond acceptors (Lipinski definition) is 4. The zero-order chi connectivity index (χ0) is 15.1. The molecule has 5 nitrogen and oxygen atoms in total. The molecule has 0 saturated carbocycles. The second kappa shape index (κ2) is 7.54. The molecule has 1 aromatic carbocycles. The van der Waals surface area contributed by atoms with Gasteiger partial charge in [-0.2, -0.15) is 0 Å². The number of nitrogens with one attached hydrogen (secondary N) is 1. The van der Waals surface area contributed by atoms with Crippen LogP contribution in [0.5, 0.6) is 0 Å². The molecule has 1 aliphatic rings. The summed E-state index contributed by atoms with van der Waals surface area (Å²) in [4.78, 5) is 11.9. The smallest absolute Gasteiger partial charge is 0.328 e. The van der Waals surface area contributed by atoms with Gasteiger partial charge in [0.25, 0.3) is 0 Å². The Bertz CT molecular complexity index is 445. The van der Waals surface area contributed by atoms with Crippen molar-refractivity contribution in [1.82, 2.24) is 5.32 Å². The lowest BCUT2D eigenvalue weighted by atomic mass is 9.86. The normalized spacial score (nSPS) is 21.1. The number of carboxylic acid groups (broad SMARTS) is 1. The van der Waals surface area contributed by atoms with Gasteiger partial charge >= 0.3 is 5.97 Å². The van der Waals surface area contributed by atoms with Gasteiger partial charge in [0.15, 0.2) is 0 Å². The zero-order valence-corrected chi connectivity index (χ0v) is 12.4. The van der Waals surface area contributed by atoms with Crippen LogP contribution in [-0.2, 0) is 19.8 Å². The summed E-state index contributed by atoms with van der Waals surface area (Å²) in [6.45, 7) is 4.20. The molecule has 2 atom stereocenters. The van der Waals surface area contributed by atoms with E-state index in [1.807, 2.05) is 37.3 Å². The van der Waals surface area contributed by atoms with Crippen molar-refractivity contribution in [3.8, 4) is 0 Å². The van der Waals surface area contributed by atoms with Gasteiger partial charge in [0.05, 0.1) is 12.7 Å². The topological polar surface area (TPSA) is 67.8 Å². The summed E-state index contributed by atoms with van der Waals surface area (Å²) in [5, 5.41) is 12.9. The molecule has 5 heteroatoms. The second-order valence-corrected chi connectivity index (χ2v) is 5.21. The number of aliphatic carboxylic acids is 1. The van der Waals surface area contributed by atoms with E-state index in [9.17, 15) is 9.90 Å². The number of hydrogen-bond donors (Lipinski definition) is 2. The summed E-state index contributed by atoms with van der Waals surface area (Å²) in [7, 11) is 0. The first kappa shape index (κ1) is 15.9. The van der Waals surface area contributed by atoms with Crippen molar-refractivity contribution in [1.29, 1.82) is 0 Å². The fourth-order valence-corrected chi connectivity index (χ4v) is 2.69. The summed E-state index contributed by atoms with van der Waals surface area (Å²) in [5.74, 6) is -0.873. The average Bonchev–Trinajstić information content (AvgIpc) is 3.00. The van der Waals surface area contributed by atoms with Crippen LogP contribution < -0.4 is 5.32 Å². The van der Waals surface area contributed by atoms with Crippen LogP contribution >= 0.6 is 0 Å². The van der Waals surface area contributed by atoms with Crippen molar-refractivity contribution < 1.29 is 19.4 Å². The maximum atomic E-state index is 11.9. The number of likely N-dealkylation sites (N-methyl/N-ethyl adjacent to an activating group) is 1. The molecule has 1 fully saturated rings. The molecule has 116 valence electrons. The van der Waals surface area contributed by atoms with E-state index in [1.54, 1.807) is 0 Å². The number of carbonyl (C=O) groups is 1. The van der Waals surface area contributed by atoms with Crippen molar-refractivity contribution >= 4 is 5.97 Å². The summed E-state index contributed by atoms with van der Waals surface area (Å²) in [6.07, 6.45) is 1.36. The Kier molecular flexibility index (Phi) is 5.73. The molecule has 0 spiro atoms. The number of rotatable bonds is 8. The van der Waals surface area contributed by atoms with Crippen molar-refractivity contribution in [2.75, 3.05) is 26.4 Å². The summed E-state index contributed by atoms with van der Waals surface area (Å²) in [5.41, 5.74) is -0.347. The summed E-state index contributed by atoms with van der Waals surface area (Å²) < 4.78 is 11.0. The third-order valence-corrected chi connectivity index (χ3v) is 3.83. The van der Waals surface area contributed by atoms with E-state index in [2.05, 4.69) is 5.32 Å². The van der Waals surface area contributed by atoms with Gasteiger partial charge in [0.1, 0.15) is 5.54 Å². The van der Waals surface area contributed by atoms with E-state index >= 15 is 0 Å². The highest BCUT2D eigenvalue weighted by Crippen LogP contribution is 2.26. The number of benzene rings is 1. The summed E-state index contributed by atoms with van der Waals surface area (Å²) in [6, 6.07) is 9.28. The van der Waals surface area contributed by atoms with E-state index in [1.165, 1.54) is 0 Å². The molecule has 0 aromatic heterocycles. The highest BCUT2D eigenvalue weighted by molar-refractivity contribution is 5.80. The molecule has 0 radical (unpaired) electrons. The average molecular weight is 293 g/mol.